The quantitative estimate of drug-likeness (QED) is 0.624. The molecule has 0 aliphatic rings. The molecule has 0 N–H and O–H groups in total. The minimum atomic E-state index is -2.12. The molecule has 0 bridgehead atoms. The fourth-order valence-corrected chi connectivity index (χ4v) is 3.23. The lowest BCUT2D eigenvalue weighted by molar-refractivity contribution is 0.140. The Labute approximate surface area is 111 Å². The predicted octanol–water partition coefficient (Wildman–Crippen LogP) is 3.77. The first-order valence-corrected chi connectivity index (χ1v) is 9.31. The maximum absolute atomic E-state index is 13.8. The molecule has 1 rings (SSSR count). The highest BCUT2D eigenvalue weighted by molar-refractivity contribution is 6.69. The van der Waals surface area contributed by atoms with Crippen LogP contribution in [0.3, 0.4) is 0 Å². The van der Waals surface area contributed by atoms with Crippen LogP contribution in [0.25, 0.3) is 0 Å². The lowest BCUT2D eigenvalue weighted by atomic mass is 9.97. The van der Waals surface area contributed by atoms with E-state index in [0.29, 0.717) is 0 Å². The predicted molar refractivity (Wildman–Crippen MR) is 68.8 cm³/mol. The Kier molecular flexibility index (Phi) is 4.49. The van der Waals surface area contributed by atoms with E-state index in [2.05, 4.69) is 0 Å². The fraction of sp³-hybridized carbons (Fsp3) is 0.417. The Balaban J connectivity index is 3.32. The van der Waals surface area contributed by atoms with Crippen LogP contribution in [0.1, 0.15) is 5.56 Å². The van der Waals surface area contributed by atoms with Gasteiger partial charge in [0.15, 0.2) is 13.9 Å². The molecule has 0 fully saturated rings. The van der Waals surface area contributed by atoms with Gasteiger partial charge in [-0.3, -0.25) is 0 Å². The van der Waals surface area contributed by atoms with Crippen LogP contribution in [-0.4, -0.2) is 14.2 Å². The summed E-state index contributed by atoms with van der Waals surface area (Å²) in [5, 5.41) is 9.29. The van der Waals surface area contributed by atoms with Crippen LogP contribution in [0.5, 0.6) is 0 Å². The summed E-state index contributed by atoms with van der Waals surface area (Å²) in [6.45, 7) is 5.60. The molecule has 0 heterocycles. The van der Waals surface area contributed by atoms with Crippen molar-refractivity contribution in [1.82, 2.24) is 0 Å². The van der Waals surface area contributed by atoms with Crippen LogP contribution in [0.2, 0.25) is 19.6 Å². The number of hydrogen-bond donors (Lipinski definition) is 0. The van der Waals surface area contributed by atoms with Crippen LogP contribution in [0.4, 0.5) is 8.78 Å². The second kappa shape index (κ2) is 5.35. The molecule has 2 nitrogen and oxygen atoms in total. The van der Waals surface area contributed by atoms with Gasteiger partial charge in [-0.1, -0.05) is 0 Å². The van der Waals surface area contributed by atoms with Crippen molar-refractivity contribution >= 4 is 19.9 Å². The smallest absolute Gasteiger partial charge is 0.186 e. The molecular weight excluding hydrogens is 276 g/mol. The summed E-state index contributed by atoms with van der Waals surface area (Å²) in [5.74, 6) is -1.74. The Morgan fingerprint density at radius 1 is 1.39 bits per heavy atom. The van der Waals surface area contributed by atoms with Crippen molar-refractivity contribution in [2.45, 2.75) is 25.2 Å². The van der Waals surface area contributed by atoms with Gasteiger partial charge in [0.2, 0.25) is 0 Å². The Hall–Kier alpha value is -0.963. The topological polar surface area (TPSA) is 33.0 Å². The van der Waals surface area contributed by atoms with Gasteiger partial charge in [-0.2, -0.15) is 5.26 Å². The van der Waals surface area contributed by atoms with Crippen molar-refractivity contribution in [3.05, 3.63) is 35.4 Å². The largest absolute Gasteiger partial charge is 0.396 e. The van der Waals surface area contributed by atoms with Crippen LogP contribution in [-0.2, 0) is 10.0 Å². The third kappa shape index (κ3) is 3.28. The molecule has 0 radical (unpaired) electrons. The van der Waals surface area contributed by atoms with Gasteiger partial charge < -0.3 is 4.43 Å². The van der Waals surface area contributed by atoms with E-state index >= 15 is 0 Å². The highest BCUT2D eigenvalue weighted by Crippen LogP contribution is 2.32. The van der Waals surface area contributed by atoms with Gasteiger partial charge in [-0.05, 0) is 31.8 Å². The third-order valence-electron chi connectivity index (χ3n) is 2.22. The summed E-state index contributed by atoms with van der Waals surface area (Å²) in [4.78, 5) is 0. The summed E-state index contributed by atoms with van der Waals surface area (Å²) in [7, 11) is -2.12. The molecule has 0 spiro atoms. The molecular formula is C12H14ClF2NOSi. The molecule has 1 unspecified atom stereocenters. The van der Waals surface area contributed by atoms with E-state index in [1.54, 1.807) is 0 Å². The maximum atomic E-state index is 13.8. The monoisotopic (exact) mass is 289 g/mol. The molecule has 0 aliphatic heterocycles. The van der Waals surface area contributed by atoms with Crippen molar-refractivity contribution in [3.63, 3.8) is 0 Å². The molecule has 0 aliphatic carbocycles. The minimum absolute atomic E-state index is 0.0242. The molecule has 1 aromatic rings. The molecule has 0 saturated carbocycles. The first-order valence-electron chi connectivity index (χ1n) is 5.37. The molecule has 0 saturated heterocycles. The third-order valence-corrected chi connectivity index (χ3v) is 3.55. The van der Waals surface area contributed by atoms with Gasteiger partial charge in [0.05, 0.1) is 5.88 Å². The molecule has 0 amide bonds. The van der Waals surface area contributed by atoms with E-state index in [1.165, 1.54) is 6.07 Å². The van der Waals surface area contributed by atoms with Crippen molar-refractivity contribution in [2.75, 3.05) is 5.88 Å². The van der Waals surface area contributed by atoms with Crippen molar-refractivity contribution < 1.29 is 13.2 Å². The van der Waals surface area contributed by atoms with Crippen molar-refractivity contribution in [3.8, 4) is 6.07 Å². The first kappa shape index (κ1) is 15.1. The zero-order valence-corrected chi connectivity index (χ0v) is 12.2. The van der Waals surface area contributed by atoms with Crippen molar-refractivity contribution in [1.29, 1.82) is 5.26 Å². The lowest BCUT2D eigenvalue weighted by Crippen LogP contribution is -2.41. The average Bonchev–Trinajstić information content (AvgIpc) is 2.25. The number of benzene rings is 1. The number of nitrogens with zero attached hydrogens (tertiary/aromatic N) is 1. The van der Waals surface area contributed by atoms with E-state index in [9.17, 15) is 14.0 Å². The Morgan fingerprint density at radius 3 is 2.39 bits per heavy atom. The van der Waals surface area contributed by atoms with E-state index in [1.807, 2.05) is 25.7 Å². The molecule has 18 heavy (non-hydrogen) atoms. The van der Waals surface area contributed by atoms with Gasteiger partial charge in [0.25, 0.3) is 0 Å². The summed E-state index contributed by atoms with van der Waals surface area (Å²) in [6, 6.07) is 4.93. The van der Waals surface area contributed by atoms with Gasteiger partial charge in [-0.15, -0.1) is 11.6 Å². The standard InChI is InChI=1S/C12H14ClF2NOSi/c1-18(2,3)17-12(7-13,8-16)10-5-4-9(14)6-11(10)15/h4-6H,7H2,1-3H3. The zero-order chi connectivity index (χ0) is 14.0. The minimum Gasteiger partial charge on any atom is -0.396 e. The van der Waals surface area contributed by atoms with Gasteiger partial charge >= 0.3 is 0 Å². The average molecular weight is 290 g/mol. The highest BCUT2D eigenvalue weighted by Gasteiger charge is 2.39. The van der Waals surface area contributed by atoms with Gasteiger partial charge in [-0.25, -0.2) is 8.78 Å². The molecule has 1 aromatic carbocycles. The molecule has 1 atom stereocenters. The molecule has 0 aromatic heterocycles. The number of nitriles is 1. The number of hydrogen-bond acceptors (Lipinski definition) is 2. The van der Waals surface area contributed by atoms with Crippen LogP contribution < -0.4 is 0 Å². The van der Waals surface area contributed by atoms with E-state index in [-0.39, 0.29) is 11.4 Å². The zero-order valence-electron chi connectivity index (χ0n) is 10.4. The number of alkyl halides is 1. The number of rotatable bonds is 4. The SMILES string of the molecule is C[Si](C)(C)OC(C#N)(CCl)c1ccc(F)cc1F. The second-order valence-electron chi connectivity index (χ2n) is 4.91. The van der Waals surface area contributed by atoms with E-state index in [4.69, 9.17) is 16.0 Å². The lowest BCUT2D eigenvalue weighted by Gasteiger charge is -2.32. The van der Waals surface area contributed by atoms with Crippen molar-refractivity contribution in [2.24, 2.45) is 0 Å². The molecule has 98 valence electrons. The summed E-state index contributed by atoms with van der Waals surface area (Å²) < 4.78 is 32.4. The van der Waals surface area contributed by atoms with Crippen LogP contribution in [0, 0.1) is 23.0 Å². The Morgan fingerprint density at radius 2 is 2.00 bits per heavy atom. The van der Waals surface area contributed by atoms with E-state index in [0.717, 1.165) is 12.1 Å². The summed E-state index contributed by atoms with van der Waals surface area (Å²) in [5.41, 5.74) is -1.59. The van der Waals surface area contributed by atoms with Gasteiger partial charge in [0.1, 0.15) is 17.7 Å². The summed E-state index contributed by atoms with van der Waals surface area (Å²) in [6.07, 6.45) is 0. The number of halogens is 3. The first-order chi connectivity index (χ1) is 8.24. The summed E-state index contributed by atoms with van der Waals surface area (Å²) >= 11 is 5.79. The fourth-order valence-electron chi connectivity index (χ4n) is 1.61. The molecule has 6 heteroatoms. The van der Waals surface area contributed by atoms with Gasteiger partial charge in [0, 0.05) is 11.6 Å². The maximum Gasteiger partial charge on any atom is 0.186 e. The van der Waals surface area contributed by atoms with Crippen LogP contribution in [0.15, 0.2) is 18.2 Å². The van der Waals surface area contributed by atoms with E-state index < -0.39 is 25.6 Å². The van der Waals surface area contributed by atoms with Crippen LogP contribution >= 0.6 is 11.6 Å². The normalized spacial score (nSPS) is 14.9. The second-order valence-corrected chi connectivity index (χ2v) is 9.61. The Bertz CT molecular complexity index is 484. The highest BCUT2D eigenvalue weighted by atomic mass is 35.5.